The molecule has 1 saturated heterocycles. The average molecular weight is 300 g/mol. The van der Waals surface area contributed by atoms with E-state index in [4.69, 9.17) is 4.74 Å². The molecular formula is C16H20N4O2. The SMILES string of the molecule is CO[C@@H]1CC(c2ncc[nH]2)N(C(=O)Cc2cccnc2C)C1. The number of likely N-dealkylation sites (tertiary alicyclic amines) is 1. The Morgan fingerprint density at radius 3 is 3.00 bits per heavy atom. The normalized spacial score (nSPS) is 21.3. The largest absolute Gasteiger partial charge is 0.380 e. The summed E-state index contributed by atoms with van der Waals surface area (Å²) in [5, 5.41) is 0. The first-order chi connectivity index (χ1) is 10.7. The highest BCUT2D eigenvalue weighted by Crippen LogP contribution is 2.32. The van der Waals surface area contributed by atoms with E-state index in [1.807, 2.05) is 24.0 Å². The van der Waals surface area contributed by atoms with Gasteiger partial charge in [0.05, 0.1) is 18.6 Å². The molecule has 116 valence electrons. The minimum absolute atomic E-state index is 0.0500. The lowest BCUT2D eigenvalue weighted by Crippen LogP contribution is -2.33. The summed E-state index contributed by atoms with van der Waals surface area (Å²) < 4.78 is 5.45. The Morgan fingerprint density at radius 2 is 2.32 bits per heavy atom. The van der Waals surface area contributed by atoms with Gasteiger partial charge in [-0.25, -0.2) is 4.98 Å². The van der Waals surface area contributed by atoms with E-state index in [2.05, 4.69) is 15.0 Å². The Labute approximate surface area is 129 Å². The predicted molar refractivity (Wildman–Crippen MR) is 81.1 cm³/mol. The average Bonchev–Trinajstić information content (AvgIpc) is 3.18. The van der Waals surface area contributed by atoms with Crippen LogP contribution in [0.5, 0.6) is 0 Å². The van der Waals surface area contributed by atoms with Crippen LogP contribution < -0.4 is 0 Å². The fraction of sp³-hybridized carbons (Fsp3) is 0.438. The third kappa shape index (κ3) is 2.87. The van der Waals surface area contributed by atoms with Crippen LogP contribution in [0.4, 0.5) is 0 Å². The molecule has 0 spiro atoms. The van der Waals surface area contributed by atoms with Crippen molar-refractivity contribution in [1.82, 2.24) is 19.9 Å². The van der Waals surface area contributed by atoms with Crippen LogP contribution in [-0.2, 0) is 16.0 Å². The Hall–Kier alpha value is -2.21. The maximum absolute atomic E-state index is 12.7. The molecule has 3 heterocycles. The molecule has 0 aromatic carbocycles. The third-order valence-corrected chi connectivity index (χ3v) is 4.21. The van der Waals surface area contributed by atoms with Gasteiger partial charge >= 0.3 is 0 Å². The van der Waals surface area contributed by atoms with Crippen molar-refractivity contribution in [2.45, 2.75) is 31.9 Å². The number of aromatic amines is 1. The number of H-pyrrole nitrogens is 1. The van der Waals surface area contributed by atoms with Gasteiger partial charge in [-0.05, 0) is 18.6 Å². The summed E-state index contributed by atoms with van der Waals surface area (Å²) in [6.07, 6.45) is 6.40. The number of nitrogens with zero attached hydrogens (tertiary/aromatic N) is 3. The number of nitrogens with one attached hydrogen (secondary N) is 1. The van der Waals surface area contributed by atoms with E-state index in [9.17, 15) is 4.79 Å². The molecule has 1 aliphatic rings. The van der Waals surface area contributed by atoms with Gasteiger partial charge in [0.15, 0.2) is 0 Å². The van der Waals surface area contributed by atoms with Crippen LogP contribution in [0.25, 0.3) is 0 Å². The molecule has 1 aliphatic heterocycles. The second-order valence-corrected chi connectivity index (χ2v) is 5.55. The van der Waals surface area contributed by atoms with E-state index in [0.29, 0.717) is 13.0 Å². The highest BCUT2D eigenvalue weighted by atomic mass is 16.5. The second kappa shape index (κ2) is 6.27. The lowest BCUT2D eigenvalue weighted by molar-refractivity contribution is -0.131. The number of carbonyl (C=O) groups excluding carboxylic acids is 1. The molecule has 0 radical (unpaired) electrons. The van der Waals surface area contributed by atoms with Crippen molar-refractivity contribution in [1.29, 1.82) is 0 Å². The molecule has 6 heteroatoms. The first kappa shape index (κ1) is 14.7. The molecule has 3 rings (SSSR count). The van der Waals surface area contributed by atoms with Gasteiger partial charge in [0.1, 0.15) is 5.82 Å². The van der Waals surface area contributed by atoms with Gasteiger partial charge in [-0.2, -0.15) is 0 Å². The van der Waals surface area contributed by atoms with Crippen LogP contribution in [0.15, 0.2) is 30.7 Å². The number of imidazole rings is 1. The van der Waals surface area contributed by atoms with Gasteiger partial charge in [-0.15, -0.1) is 0 Å². The van der Waals surface area contributed by atoms with Crippen LogP contribution in [0.2, 0.25) is 0 Å². The molecular weight excluding hydrogens is 280 g/mol. The van der Waals surface area contributed by atoms with Crippen molar-refractivity contribution in [2.75, 3.05) is 13.7 Å². The Morgan fingerprint density at radius 1 is 1.45 bits per heavy atom. The molecule has 1 N–H and O–H groups in total. The zero-order chi connectivity index (χ0) is 15.5. The van der Waals surface area contributed by atoms with E-state index in [1.165, 1.54) is 0 Å². The van der Waals surface area contributed by atoms with Crippen molar-refractivity contribution < 1.29 is 9.53 Å². The van der Waals surface area contributed by atoms with Crippen LogP contribution in [0.3, 0.4) is 0 Å². The van der Waals surface area contributed by atoms with Crippen molar-refractivity contribution in [3.05, 3.63) is 47.8 Å². The molecule has 2 aromatic heterocycles. The molecule has 1 unspecified atom stereocenters. The molecule has 0 bridgehead atoms. The zero-order valence-electron chi connectivity index (χ0n) is 12.8. The molecule has 6 nitrogen and oxygen atoms in total. The summed E-state index contributed by atoms with van der Waals surface area (Å²) >= 11 is 0. The molecule has 1 fully saturated rings. The van der Waals surface area contributed by atoms with Crippen LogP contribution >= 0.6 is 0 Å². The molecule has 0 aliphatic carbocycles. The van der Waals surface area contributed by atoms with E-state index in [0.717, 1.165) is 23.5 Å². The maximum Gasteiger partial charge on any atom is 0.227 e. The Kier molecular flexibility index (Phi) is 4.20. The maximum atomic E-state index is 12.7. The first-order valence-electron chi connectivity index (χ1n) is 7.41. The van der Waals surface area contributed by atoms with E-state index in [1.54, 1.807) is 25.7 Å². The second-order valence-electron chi connectivity index (χ2n) is 5.55. The van der Waals surface area contributed by atoms with Crippen molar-refractivity contribution in [3.63, 3.8) is 0 Å². The van der Waals surface area contributed by atoms with Gasteiger partial charge in [0, 0.05) is 44.4 Å². The molecule has 22 heavy (non-hydrogen) atoms. The van der Waals surface area contributed by atoms with E-state index < -0.39 is 0 Å². The van der Waals surface area contributed by atoms with Crippen LogP contribution in [-0.4, -0.2) is 45.5 Å². The number of amides is 1. The number of methoxy groups -OCH3 is 1. The summed E-state index contributed by atoms with van der Waals surface area (Å²) in [5.41, 5.74) is 1.86. The summed E-state index contributed by atoms with van der Waals surface area (Å²) in [5.74, 6) is 0.896. The van der Waals surface area contributed by atoms with E-state index in [-0.39, 0.29) is 18.1 Å². The van der Waals surface area contributed by atoms with E-state index >= 15 is 0 Å². The van der Waals surface area contributed by atoms with Crippen molar-refractivity contribution in [3.8, 4) is 0 Å². The predicted octanol–water partition coefficient (Wildman–Crippen LogP) is 1.64. The third-order valence-electron chi connectivity index (χ3n) is 4.21. The highest BCUT2D eigenvalue weighted by molar-refractivity contribution is 5.79. The topological polar surface area (TPSA) is 71.1 Å². The van der Waals surface area contributed by atoms with Gasteiger partial charge in [0.2, 0.25) is 5.91 Å². The smallest absolute Gasteiger partial charge is 0.227 e. The quantitative estimate of drug-likeness (QED) is 0.932. The summed E-state index contributed by atoms with van der Waals surface area (Å²) in [7, 11) is 1.68. The lowest BCUT2D eigenvalue weighted by Gasteiger charge is -2.23. The van der Waals surface area contributed by atoms with Crippen LogP contribution in [0.1, 0.15) is 29.5 Å². The minimum Gasteiger partial charge on any atom is -0.380 e. The molecule has 2 aromatic rings. The van der Waals surface area contributed by atoms with Gasteiger partial charge < -0.3 is 14.6 Å². The number of aromatic nitrogens is 3. The fourth-order valence-corrected chi connectivity index (χ4v) is 2.93. The van der Waals surface area contributed by atoms with Crippen molar-refractivity contribution >= 4 is 5.91 Å². The van der Waals surface area contributed by atoms with Crippen molar-refractivity contribution in [2.24, 2.45) is 0 Å². The number of hydrogen-bond donors (Lipinski definition) is 1. The molecule has 0 saturated carbocycles. The Bertz CT molecular complexity index is 641. The summed E-state index contributed by atoms with van der Waals surface area (Å²) in [6, 6.07) is 3.76. The number of hydrogen-bond acceptors (Lipinski definition) is 4. The lowest BCUT2D eigenvalue weighted by atomic mass is 10.1. The van der Waals surface area contributed by atoms with Gasteiger partial charge in [0.25, 0.3) is 0 Å². The molecule has 1 amide bonds. The zero-order valence-corrected chi connectivity index (χ0v) is 12.8. The fourth-order valence-electron chi connectivity index (χ4n) is 2.93. The van der Waals surface area contributed by atoms with Crippen LogP contribution in [0, 0.1) is 6.92 Å². The summed E-state index contributed by atoms with van der Waals surface area (Å²) in [4.78, 5) is 26.3. The monoisotopic (exact) mass is 300 g/mol. The molecule has 2 atom stereocenters. The summed E-state index contributed by atoms with van der Waals surface area (Å²) in [6.45, 7) is 2.52. The number of aryl methyl sites for hydroxylation is 1. The number of rotatable bonds is 4. The number of carbonyl (C=O) groups is 1. The Balaban J connectivity index is 1.79. The van der Waals surface area contributed by atoms with Gasteiger partial charge in [-0.3, -0.25) is 9.78 Å². The highest BCUT2D eigenvalue weighted by Gasteiger charge is 2.37. The first-order valence-corrected chi connectivity index (χ1v) is 7.41. The number of ether oxygens (including phenoxy) is 1. The standard InChI is InChI=1S/C16H20N4O2/c1-11-12(4-3-5-17-11)8-15(21)20-10-13(22-2)9-14(20)16-18-6-7-19-16/h3-7,13-14H,8-10H2,1-2H3,(H,18,19)/t13-,14?/m1/s1. The number of pyridine rings is 1. The van der Waals surface area contributed by atoms with Gasteiger partial charge in [-0.1, -0.05) is 6.07 Å². The minimum atomic E-state index is -0.0515.